The summed E-state index contributed by atoms with van der Waals surface area (Å²) in [6.45, 7) is 8.84. The van der Waals surface area contributed by atoms with E-state index in [9.17, 15) is 4.79 Å². The lowest BCUT2D eigenvalue weighted by Gasteiger charge is -2.30. The molecule has 0 saturated heterocycles. The highest BCUT2D eigenvalue weighted by atomic mass is 32.1. The summed E-state index contributed by atoms with van der Waals surface area (Å²) in [7, 11) is 0. The summed E-state index contributed by atoms with van der Waals surface area (Å²) >= 11 is 3.17. The lowest BCUT2D eigenvalue weighted by molar-refractivity contribution is 0.0227. The van der Waals surface area contributed by atoms with Crippen molar-refractivity contribution in [2.45, 2.75) is 46.3 Å². The monoisotopic (exact) mass is 351 g/mol. The highest BCUT2D eigenvalue weighted by Gasteiger charge is 2.30. The van der Waals surface area contributed by atoms with Crippen LogP contribution in [0.4, 0.5) is 9.80 Å². The van der Waals surface area contributed by atoms with E-state index in [-0.39, 0.29) is 6.09 Å². The van der Waals surface area contributed by atoms with Crippen LogP contribution in [0.5, 0.6) is 0 Å². The summed E-state index contributed by atoms with van der Waals surface area (Å²) in [5, 5.41) is 3.80. The zero-order chi connectivity index (χ0) is 16.8. The lowest BCUT2D eigenvalue weighted by atomic mass is 10.0. The number of aromatic nitrogens is 1. The topological polar surface area (TPSA) is 68.5 Å². The Balaban J connectivity index is 1.85. The molecule has 0 fully saturated rings. The van der Waals surface area contributed by atoms with Crippen LogP contribution in [0.15, 0.2) is 5.38 Å². The van der Waals surface area contributed by atoms with Gasteiger partial charge in [-0.1, -0.05) is 0 Å². The largest absolute Gasteiger partial charge is 0.444 e. The Kier molecular flexibility index (Phi) is 4.10. The molecule has 1 aliphatic heterocycles. The number of aryl methyl sites for hydroxylation is 1. The number of hydrogen-bond donors (Lipinski definition) is 1. The molecule has 2 aromatic rings. The number of ether oxygens (including phenoxy) is 1. The van der Waals surface area contributed by atoms with Crippen LogP contribution in [-0.4, -0.2) is 28.1 Å². The van der Waals surface area contributed by atoms with Gasteiger partial charge in [0.2, 0.25) is 0 Å². The van der Waals surface area contributed by atoms with Crippen molar-refractivity contribution in [3.05, 3.63) is 21.5 Å². The molecule has 0 radical (unpaired) electrons. The van der Waals surface area contributed by atoms with Crippen LogP contribution in [0.1, 0.15) is 36.9 Å². The van der Waals surface area contributed by atoms with Crippen LogP contribution in [0.3, 0.4) is 0 Å². The van der Waals surface area contributed by atoms with E-state index in [4.69, 9.17) is 10.5 Å². The lowest BCUT2D eigenvalue weighted by Crippen LogP contribution is -2.39. The molecule has 1 aliphatic rings. The number of thiophene rings is 1. The number of amides is 1. The molecule has 3 rings (SSSR count). The van der Waals surface area contributed by atoms with Gasteiger partial charge in [0.15, 0.2) is 0 Å². The van der Waals surface area contributed by atoms with Crippen LogP contribution in [0, 0.1) is 6.92 Å². The van der Waals surface area contributed by atoms with Crippen molar-refractivity contribution in [2.75, 3.05) is 12.3 Å². The van der Waals surface area contributed by atoms with Crippen molar-refractivity contribution < 1.29 is 9.53 Å². The highest BCUT2D eigenvalue weighted by molar-refractivity contribution is 7.18. The number of carbonyl (C=O) groups is 1. The fourth-order valence-corrected chi connectivity index (χ4v) is 4.69. The second-order valence-electron chi connectivity index (χ2n) is 6.69. The number of anilines is 1. The van der Waals surface area contributed by atoms with E-state index >= 15 is 0 Å². The predicted octanol–water partition coefficient (Wildman–Crippen LogP) is 4.06. The van der Waals surface area contributed by atoms with Gasteiger partial charge in [0.25, 0.3) is 0 Å². The van der Waals surface area contributed by atoms with Gasteiger partial charge >= 0.3 is 6.09 Å². The summed E-state index contributed by atoms with van der Waals surface area (Å²) in [5.41, 5.74) is 9.07. The van der Waals surface area contributed by atoms with Crippen LogP contribution < -0.4 is 5.73 Å². The first-order chi connectivity index (χ1) is 10.7. The molecule has 0 unspecified atom stereocenters. The molecular weight excluding hydrogens is 330 g/mol. The normalized spacial score (nSPS) is 14.7. The molecule has 0 saturated carbocycles. The molecule has 0 bridgehead atoms. The number of rotatable bonds is 1. The maximum atomic E-state index is 12.3. The molecule has 2 N–H and O–H groups in total. The summed E-state index contributed by atoms with van der Waals surface area (Å²) < 4.78 is 5.47. The molecule has 7 heteroatoms. The van der Waals surface area contributed by atoms with Crippen LogP contribution >= 0.6 is 22.7 Å². The minimum Gasteiger partial charge on any atom is -0.444 e. The summed E-state index contributed by atoms with van der Waals surface area (Å²) in [4.78, 5) is 19.7. The Morgan fingerprint density at radius 3 is 2.78 bits per heavy atom. The molecule has 2 aromatic heterocycles. The Morgan fingerprint density at radius 1 is 1.43 bits per heavy atom. The molecule has 5 nitrogen and oxygen atoms in total. The number of nitrogens with zero attached hydrogens (tertiary/aromatic N) is 2. The third kappa shape index (κ3) is 3.35. The third-order valence-corrected chi connectivity index (χ3v) is 5.59. The van der Waals surface area contributed by atoms with Crippen molar-refractivity contribution in [1.82, 2.24) is 9.88 Å². The third-order valence-electron chi connectivity index (χ3n) is 3.57. The van der Waals surface area contributed by atoms with Gasteiger partial charge in [0, 0.05) is 28.1 Å². The number of thiazole rings is 1. The SMILES string of the molecule is Cc1csc(-c2c(N)sc3c2CCN(C(=O)OC(C)(C)C)C3)n1. The molecule has 0 spiro atoms. The minimum absolute atomic E-state index is 0.262. The summed E-state index contributed by atoms with van der Waals surface area (Å²) in [6, 6.07) is 0. The standard InChI is InChI=1S/C16H21N3O2S2/c1-9-8-22-14(18-9)12-10-5-6-19(7-11(10)23-13(12)17)15(20)21-16(2,3)4/h8H,5-7,17H2,1-4H3. The quantitative estimate of drug-likeness (QED) is 0.841. The summed E-state index contributed by atoms with van der Waals surface area (Å²) in [5.74, 6) is 0. The molecule has 1 amide bonds. The van der Waals surface area contributed by atoms with Gasteiger partial charge < -0.3 is 15.4 Å². The van der Waals surface area contributed by atoms with Gasteiger partial charge in [-0.05, 0) is 39.7 Å². The molecule has 0 atom stereocenters. The molecule has 3 heterocycles. The van der Waals surface area contributed by atoms with Crippen molar-refractivity contribution in [3.63, 3.8) is 0 Å². The maximum absolute atomic E-state index is 12.3. The van der Waals surface area contributed by atoms with E-state index in [1.54, 1.807) is 27.6 Å². The van der Waals surface area contributed by atoms with Crippen molar-refractivity contribution in [1.29, 1.82) is 0 Å². The first-order valence-corrected chi connectivity index (χ1v) is 9.24. The molecule has 0 aromatic carbocycles. The zero-order valence-corrected chi connectivity index (χ0v) is 15.4. The average molecular weight is 351 g/mol. The molecule has 23 heavy (non-hydrogen) atoms. The number of hydrogen-bond acceptors (Lipinski definition) is 6. The van der Waals surface area contributed by atoms with Crippen LogP contribution in [0.25, 0.3) is 10.6 Å². The van der Waals surface area contributed by atoms with Crippen molar-refractivity contribution in [2.24, 2.45) is 0 Å². The van der Waals surface area contributed by atoms with E-state index in [1.807, 2.05) is 33.1 Å². The van der Waals surface area contributed by atoms with Crippen molar-refractivity contribution in [3.8, 4) is 10.6 Å². The molecular formula is C16H21N3O2S2. The van der Waals surface area contributed by atoms with E-state index in [2.05, 4.69) is 4.98 Å². The first kappa shape index (κ1) is 16.3. The van der Waals surface area contributed by atoms with E-state index < -0.39 is 5.60 Å². The Hall–Kier alpha value is -1.60. The first-order valence-electron chi connectivity index (χ1n) is 7.55. The Labute approximate surface area is 144 Å². The fourth-order valence-electron chi connectivity index (χ4n) is 2.61. The van der Waals surface area contributed by atoms with Gasteiger partial charge in [-0.25, -0.2) is 9.78 Å². The van der Waals surface area contributed by atoms with Gasteiger partial charge in [0.05, 0.1) is 11.5 Å². The second-order valence-corrected chi connectivity index (χ2v) is 8.68. The zero-order valence-electron chi connectivity index (χ0n) is 13.8. The van der Waals surface area contributed by atoms with Gasteiger partial charge in [0.1, 0.15) is 10.6 Å². The van der Waals surface area contributed by atoms with Gasteiger partial charge in [-0.15, -0.1) is 22.7 Å². The number of carbonyl (C=O) groups excluding carboxylic acids is 1. The summed E-state index contributed by atoms with van der Waals surface area (Å²) in [6.07, 6.45) is 0.526. The number of fused-ring (bicyclic) bond motifs is 1. The van der Waals surface area contributed by atoms with E-state index in [1.165, 1.54) is 5.56 Å². The number of nitrogen functional groups attached to an aromatic ring is 1. The smallest absolute Gasteiger partial charge is 0.410 e. The highest BCUT2D eigenvalue weighted by Crippen LogP contribution is 2.42. The Bertz CT molecular complexity index is 743. The average Bonchev–Trinajstić information content (AvgIpc) is 2.98. The minimum atomic E-state index is -0.477. The van der Waals surface area contributed by atoms with Crippen LogP contribution in [0.2, 0.25) is 0 Å². The van der Waals surface area contributed by atoms with Gasteiger partial charge in [-0.2, -0.15) is 0 Å². The molecule has 124 valence electrons. The fraction of sp³-hybridized carbons (Fsp3) is 0.500. The molecule has 0 aliphatic carbocycles. The maximum Gasteiger partial charge on any atom is 0.410 e. The van der Waals surface area contributed by atoms with E-state index in [0.717, 1.165) is 32.6 Å². The second kappa shape index (κ2) is 5.79. The van der Waals surface area contributed by atoms with E-state index in [0.29, 0.717) is 13.1 Å². The van der Waals surface area contributed by atoms with Crippen LogP contribution in [-0.2, 0) is 17.7 Å². The van der Waals surface area contributed by atoms with Crippen molar-refractivity contribution >= 4 is 33.8 Å². The number of nitrogens with two attached hydrogens (primary N) is 1. The van der Waals surface area contributed by atoms with Gasteiger partial charge in [-0.3, -0.25) is 0 Å². The Morgan fingerprint density at radius 2 is 2.17 bits per heavy atom. The predicted molar refractivity (Wildman–Crippen MR) is 94.9 cm³/mol.